The van der Waals surface area contributed by atoms with Crippen molar-refractivity contribution in [3.8, 4) is 0 Å². The Bertz CT molecular complexity index is 548. The maximum absolute atomic E-state index is 12.2. The Balaban J connectivity index is 1.89. The molecule has 2 amide bonds. The molecule has 1 fully saturated rings. The second-order valence-corrected chi connectivity index (χ2v) is 5.70. The fourth-order valence-electron chi connectivity index (χ4n) is 2.59. The van der Waals surface area contributed by atoms with Crippen LogP contribution in [0.5, 0.6) is 0 Å². The first-order valence-corrected chi connectivity index (χ1v) is 7.91. The van der Waals surface area contributed by atoms with Gasteiger partial charge in [-0.3, -0.25) is 9.59 Å². The number of hydrogen-bond acceptors (Lipinski definition) is 3. The highest BCUT2D eigenvalue weighted by Gasteiger charge is 2.27. The van der Waals surface area contributed by atoms with E-state index in [0.29, 0.717) is 25.4 Å². The van der Waals surface area contributed by atoms with Gasteiger partial charge in [0.2, 0.25) is 11.8 Å². The quantitative estimate of drug-likeness (QED) is 0.849. The summed E-state index contributed by atoms with van der Waals surface area (Å²) in [4.78, 5) is 26.0. The van der Waals surface area contributed by atoms with E-state index in [-0.39, 0.29) is 17.7 Å². The topological polar surface area (TPSA) is 62.6 Å². The molecule has 0 unspecified atom stereocenters. The van der Waals surface area contributed by atoms with Crippen LogP contribution in [-0.4, -0.2) is 36.3 Å². The second-order valence-electron chi connectivity index (χ2n) is 5.70. The Hall–Kier alpha value is -2.04. The maximum atomic E-state index is 12.2. The van der Waals surface area contributed by atoms with Crippen molar-refractivity contribution in [2.45, 2.75) is 33.1 Å². The minimum absolute atomic E-state index is 0.0602. The lowest BCUT2D eigenvalue weighted by molar-refractivity contribution is -0.132. The number of likely N-dealkylation sites (tertiary alicyclic amines) is 1. The van der Waals surface area contributed by atoms with Crippen LogP contribution < -0.4 is 5.32 Å². The van der Waals surface area contributed by atoms with Gasteiger partial charge in [-0.15, -0.1) is 0 Å². The van der Waals surface area contributed by atoms with Crippen molar-refractivity contribution in [3.05, 3.63) is 29.7 Å². The molecule has 1 saturated heterocycles. The third-order valence-corrected chi connectivity index (χ3v) is 3.80. The van der Waals surface area contributed by atoms with Gasteiger partial charge >= 0.3 is 0 Å². The van der Waals surface area contributed by atoms with E-state index in [1.165, 1.54) is 6.08 Å². The van der Waals surface area contributed by atoms with E-state index in [0.717, 1.165) is 25.0 Å². The van der Waals surface area contributed by atoms with Crippen molar-refractivity contribution >= 4 is 17.9 Å². The largest absolute Gasteiger partial charge is 0.462 e. The van der Waals surface area contributed by atoms with E-state index in [2.05, 4.69) is 5.32 Å². The number of furan rings is 1. The summed E-state index contributed by atoms with van der Waals surface area (Å²) >= 11 is 0. The number of carbonyl (C=O) groups is 2. The van der Waals surface area contributed by atoms with Crippen molar-refractivity contribution < 1.29 is 14.0 Å². The van der Waals surface area contributed by atoms with Crippen molar-refractivity contribution in [1.29, 1.82) is 0 Å². The third-order valence-electron chi connectivity index (χ3n) is 3.80. The Morgan fingerprint density at radius 2 is 2.27 bits per heavy atom. The van der Waals surface area contributed by atoms with Crippen LogP contribution in [0.4, 0.5) is 0 Å². The molecule has 1 aliphatic heterocycles. The minimum atomic E-state index is -0.0940. The third kappa shape index (κ3) is 4.48. The average molecular weight is 304 g/mol. The van der Waals surface area contributed by atoms with Gasteiger partial charge in [0.25, 0.3) is 0 Å². The highest BCUT2D eigenvalue weighted by molar-refractivity contribution is 5.92. The number of rotatable bonds is 5. The van der Waals surface area contributed by atoms with Gasteiger partial charge in [-0.2, -0.15) is 0 Å². The summed E-state index contributed by atoms with van der Waals surface area (Å²) in [7, 11) is 0. The van der Waals surface area contributed by atoms with Crippen LogP contribution in [0.1, 0.15) is 37.7 Å². The normalized spacial score (nSPS) is 18.6. The van der Waals surface area contributed by atoms with Gasteiger partial charge in [-0.25, -0.2) is 0 Å². The van der Waals surface area contributed by atoms with E-state index < -0.39 is 0 Å². The summed E-state index contributed by atoms with van der Waals surface area (Å²) in [6.07, 6.45) is 5.83. The number of amides is 2. The van der Waals surface area contributed by atoms with Crippen LogP contribution in [0, 0.1) is 12.8 Å². The molecule has 2 rings (SSSR count). The van der Waals surface area contributed by atoms with E-state index in [4.69, 9.17) is 4.42 Å². The van der Waals surface area contributed by atoms with Crippen LogP contribution in [0.25, 0.3) is 6.08 Å². The van der Waals surface area contributed by atoms with Gasteiger partial charge < -0.3 is 14.6 Å². The summed E-state index contributed by atoms with van der Waals surface area (Å²) in [5.74, 6) is 1.38. The van der Waals surface area contributed by atoms with Gasteiger partial charge in [0.1, 0.15) is 11.5 Å². The molecule has 22 heavy (non-hydrogen) atoms. The van der Waals surface area contributed by atoms with E-state index in [9.17, 15) is 9.59 Å². The fourth-order valence-corrected chi connectivity index (χ4v) is 2.59. The van der Waals surface area contributed by atoms with Crippen molar-refractivity contribution in [2.24, 2.45) is 5.92 Å². The smallest absolute Gasteiger partial charge is 0.246 e. The van der Waals surface area contributed by atoms with E-state index in [1.54, 1.807) is 11.0 Å². The highest BCUT2D eigenvalue weighted by Crippen LogP contribution is 2.17. The van der Waals surface area contributed by atoms with Gasteiger partial charge in [0.05, 0.1) is 5.92 Å². The second kappa shape index (κ2) is 7.82. The molecule has 0 aliphatic carbocycles. The van der Waals surface area contributed by atoms with Gasteiger partial charge in [-0.05, 0) is 44.4 Å². The molecule has 5 nitrogen and oxygen atoms in total. The molecule has 0 spiro atoms. The standard InChI is InChI=1S/C17H24N2O3/c1-3-10-18-17(21)14-5-4-11-19(12-14)16(20)9-8-15-7-6-13(2)22-15/h6-9,14H,3-5,10-12H2,1-2H3,(H,18,21)/b9-8+/t14-/m1/s1. The first kappa shape index (κ1) is 16.3. The fraction of sp³-hybridized carbons (Fsp3) is 0.529. The van der Waals surface area contributed by atoms with Crippen molar-refractivity contribution in [1.82, 2.24) is 10.2 Å². The summed E-state index contributed by atoms with van der Waals surface area (Å²) in [6.45, 7) is 5.79. The molecule has 120 valence electrons. The van der Waals surface area contributed by atoms with Gasteiger partial charge in [0.15, 0.2) is 0 Å². The first-order chi connectivity index (χ1) is 10.6. The SMILES string of the molecule is CCCNC(=O)[C@@H]1CCCN(C(=O)/C=C/c2ccc(C)o2)C1. The number of nitrogens with one attached hydrogen (secondary N) is 1. The van der Waals surface area contributed by atoms with Crippen LogP contribution in [-0.2, 0) is 9.59 Å². The van der Waals surface area contributed by atoms with Crippen molar-refractivity contribution in [3.63, 3.8) is 0 Å². The van der Waals surface area contributed by atoms with E-state index >= 15 is 0 Å². The Morgan fingerprint density at radius 3 is 2.95 bits per heavy atom. The zero-order valence-electron chi connectivity index (χ0n) is 13.3. The lowest BCUT2D eigenvalue weighted by Crippen LogP contribution is -2.45. The number of piperidine rings is 1. The monoisotopic (exact) mass is 304 g/mol. The maximum Gasteiger partial charge on any atom is 0.246 e. The average Bonchev–Trinajstić information content (AvgIpc) is 2.96. The number of hydrogen-bond donors (Lipinski definition) is 1. The first-order valence-electron chi connectivity index (χ1n) is 7.91. The molecule has 1 atom stereocenters. The highest BCUT2D eigenvalue weighted by atomic mass is 16.3. The van der Waals surface area contributed by atoms with Gasteiger partial charge in [-0.1, -0.05) is 6.92 Å². The molecular formula is C17H24N2O3. The molecular weight excluding hydrogens is 280 g/mol. The molecule has 0 saturated carbocycles. The van der Waals surface area contributed by atoms with E-state index in [1.807, 2.05) is 26.0 Å². The molecule has 0 bridgehead atoms. The summed E-state index contributed by atoms with van der Waals surface area (Å²) in [5.41, 5.74) is 0. The van der Waals surface area contributed by atoms with Crippen LogP contribution in [0.2, 0.25) is 0 Å². The number of nitrogens with zero attached hydrogens (tertiary/aromatic N) is 1. The number of aryl methyl sites for hydroxylation is 1. The Kier molecular flexibility index (Phi) is 5.81. The molecule has 1 aromatic heterocycles. The van der Waals surface area contributed by atoms with Crippen LogP contribution in [0.3, 0.4) is 0 Å². The molecule has 0 aromatic carbocycles. The minimum Gasteiger partial charge on any atom is -0.462 e. The predicted molar refractivity (Wildman–Crippen MR) is 85.1 cm³/mol. The molecule has 1 N–H and O–H groups in total. The molecule has 5 heteroatoms. The zero-order chi connectivity index (χ0) is 15.9. The Morgan fingerprint density at radius 1 is 1.45 bits per heavy atom. The lowest BCUT2D eigenvalue weighted by atomic mass is 9.97. The molecule has 1 aliphatic rings. The number of carbonyl (C=O) groups excluding carboxylic acids is 2. The summed E-state index contributed by atoms with van der Waals surface area (Å²) < 4.78 is 5.40. The lowest BCUT2D eigenvalue weighted by Gasteiger charge is -2.31. The molecule has 1 aromatic rings. The van der Waals surface area contributed by atoms with Gasteiger partial charge in [0, 0.05) is 25.7 Å². The Labute approximate surface area is 131 Å². The summed E-state index contributed by atoms with van der Waals surface area (Å²) in [6, 6.07) is 3.69. The van der Waals surface area contributed by atoms with Crippen molar-refractivity contribution in [2.75, 3.05) is 19.6 Å². The summed E-state index contributed by atoms with van der Waals surface area (Å²) in [5, 5.41) is 2.91. The van der Waals surface area contributed by atoms with Crippen LogP contribution >= 0.6 is 0 Å². The molecule has 2 heterocycles. The predicted octanol–water partition coefficient (Wildman–Crippen LogP) is 2.37. The zero-order valence-corrected chi connectivity index (χ0v) is 13.3. The molecule has 0 radical (unpaired) electrons. The van der Waals surface area contributed by atoms with Crippen LogP contribution in [0.15, 0.2) is 22.6 Å².